The van der Waals surface area contributed by atoms with Crippen LogP contribution < -0.4 is 0 Å². The molecule has 0 fully saturated rings. The Morgan fingerprint density at radius 2 is 1.07 bits per heavy atom. The first-order chi connectivity index (χ1) is 19.9. The first kappa shape index (κ1) is 37.4. The van der Waals surface area contributed by atoms with E-state index in [9.17, 15) is 36.6 Å². The summed E-state index contributed by atoms with van der Waals surface area (Å²) in [5, 5.41) is 24.2. The maximum atomic E-state index is 13.4. The average molecular weight is 790 g/mol. The zero-order valence-corrected chi connectivity index (χ0v) is 28.8. The molecule has 0 bridgehead atoms. The first-order valence-corrected chi connectivity index (χ1v) is 15.1. The van der Waals surface area contributed by atoms with Crippen LogP contribution in [-0.4, -0.2) is 26.5 Å². The zero-order valence-electron chi connectivity index (χ0n) is 25.9. The van der Waals surface area contributed by atoms with Crippen molar-refractivity contribution in [2.45, 2.75) is 78.9 Å². The SMILES string of the molecule is CC(=[C-]c1ccccc1)[C](=[W])C(C)(C)C.Cc1ccc([N-]c2ccc(C)cc2C(C)(O)C(F)(F)F)c(C(C)(O)C(F)(F)F)c1. The number of hydrogen-bond donors (Lipinski definition) is 2. The molecule has 0 aliphatic carbocycles. The van der Waals surface area contributed by atoms with Crippen LogP contribution in [0.25, 0.3) is 5.32 Å². The predicted octanol–water partition coefficient (Wildman–Crippen LogP) is 9.73. The summed E-state index contributed by atoms with van der Waals surface area (Å²) in [4.78, 5) is 0. The third-order valence-corrected chi connectivity index (χ3v) is 10.1. The molecule has 0 spiro atoms. The van der Waals surface area contributed by atoms with E-state index in [2.05, 4.69) is 63.4 Å². The van der Waals surface area contributed by atoms with E-state index in [4.69, 9.17) is 0 Å². The molecule has 0 saturated heterocycles. The molecule has 0 aromatic heterocycles. The van der Waals surface area contributed by atoms with Gasteiger partial charge in [0.1, 0.15) is 0 Å². The predicted molar refractivity (Wildman–Crippen MR) is 159 cm³/mol. The smallest absolute Gasteiger partial charge is 0.421 e. The van der Waals surface area contributed by atoms with Gasteiger partial charge in [0, 0.05) is 0 Å². The van der Waals surface area contributed by atoms with Crippen molar-refractivity contribution in [3.63, 3.8) is 0 Å². The van der Waals surface area contributed by atoms with Gasteiger partial charge in [-0.25, -0.2) is 0 Å². The molecule has 0 amide bonds. The van der Waals surface area contributed by atoms with Crippen molar-refractivity contribution in [1.29, 1.82) is 0 Å². The van der Waals surface area contributed by atoms with Gasteiger partial charge in [-0.2, -0.15) is 26.3 Å². The molecule has 2 N–H and O–H groups in total. The molecule has 3 nitrogen and oxygen atoms in total. The molecule has 2 unspecified atom stereocenters. The van der Waals surface area contributed by atoms with Gasteiger partial charge in [-0.15, -0.1) is 11.4 Å². The van der Waals surface area contributed by atoms with Crippen molar-refractivity contribution in [2.24, 2.45) is 5.41 Å². The molecule has 3 rings (SSSR count). The van der Waals surface area contributed by atoms with Gasteiger partial charge < -0.3 is 15.5 Å². The molecule has 3 aromatic carbocycles. The third kappa shape index (κ3) is 9.15. The molecule has 0 heterocycles. The van der Waals surface area contributed by atoms with Gasteiger partial charge in [0.15, 0.2) is 11.2 Å². The van der Waals surface area contributed by atoms with Gasteiger partial charge in [0.2, 0.25) is 0 Å². The molecule has 0 saturated carbocycles. The van der Waals surface area contributed by atoms with Crippen molar-refractivity contribution >= 4 is 15.3 Å². The zero-order chi connectivity index (χ0) is 33.9. The molecule has 0 aliphatic rings. The van der Waals surface area contributed by atoms with E-state index < -0.39 is 34.7 Å². The molecule has 44 heavy (non-hydrogen) atoms. The topological polar surface area (TPSA) is 54.6 Å². The van der Waals surface area contributed by atoms with E-state index in [1.165, 1.54) is 47.6 Å². The van der Waals surface area contributed by atoms with Crippen LogP contribution in [0.5, 0.6) is 0 Å². The van der Waals surface area contributed by atoms with Crippen molar-refractivity contribution in [2.75, 3.05) is 0 Å². The standard InChI is InChI=1S/C20H20F6NO2.C14H17.W/c1-11-5-7-15(13(9-11)17(3,28)19(21,22)23)27-16-8-6-12(2)10-14(16)18(4,29)20(24,25)26;1-12(11-14(2,3)4)10-13-8-6-5-7-9-13;/h5-10,28-29H,1-4H3;5-9H,1-4H3;/q2*-1;. The number of allylic oxidation sites excluding steroid dienone is 1. The van der Waals surface area contributed by atoms with E-state index in [1.807, 2.05) is 6.07 Å². The molecular formula is C34H37F6NO2W-2. The molecule has 240 valence electrons. The Kier molecular flexibility index (Phi) is 11.7. The van der Waals surface area contributed by atoms with Crippen molar-refractivity contribution in [1.82, 2.24) is 0 Å². The van der Waals surface area contributed by atoms with Gasteiger partial charge in [-0.3, -0.25) is 0 Å². The summed E-state index contributed by atoms with van der Waals surface area (Å²) in [5.41, 5.74) is -4.99. The summed E-state index contributed by atoms with van der Waals surface area (Å²) in [6, 6.07) is 17.7. The molecular weight excluding hydrogens is 752 g/mol. The van der Waals surface area contributed by atoms with Crippen LogP contribution in [0.3, 0.4) is 0 Å². The van der Waals surface area contributed by atoms with Crippen LogP contribution in [0, 0.1) is 25.3 Å². The number of halogens is 6. The summed E-state index contributed by atoms with van der Waals surface area (Å²) in [7, 11) is 0. The number of alkyl halides is 6. The Morgan fingerprint density at radius 1 is 0.682 bits per heavy atom. The second-order valence-corrected chi connectivity index (χ2v) is 13.5. The van der Waals surface area contributed by atoms with Crippen molar-refractivity contribution in [3.8, 4) is 0 Å². The van der Waals surface area contributed by atoms with E-state index >= 15 is 0 Å². The summed E-state index contributed by atoms with van der Waals surface area (Å²) in [6.45, 7) is 13.0. The van der Waals surface area contributed by atoms with Crippen molar-refractivity contribution in [3.05, 3.63) is 112 Å². The monoisotopic (exact) mass is 789 g/mol. The molecule has 3 aromatic rings. The first-order valence-electron chi connectivity index (χ1n) is 13.6. The minimum absolute atomic E-state index is 0.265. The number of aryl methyl sites for hydroxylation is 2. The van der Waals surface area contributed by atoms with Gasteiger partial charge in [-0.1, -0.05) is 47.5 Å². The quantitative estimate of drug-likeness (QED) is 0.193. The Labute approximate surface area is 266 Å². The Balaban J connectivity index is 0.000000378. The Hall–Kier alpha value is -2.74. The van der Waals surface area contributed by atoms with Crippen LogP contribution in [0.2, 0.25) is 0 Å². The van der Waals surface area contributed by atoms with Crippen molar-refractivity contribution < 1.29 is 55.9 Å². The molecule has 0 radical (unpaired) electrons. The van der Waals surface area contributed by atoms with Gasteiger partial charge in [0.05, 0.1) is 0 Å². The van der Waals surface area contributed by atoms with Crippen LogP contribution >= 0.6 is 0 Å². The van der Waals surface area contributed by atoms with Gasteiger partial charge in [-0.05, 0) is 38.8 Å². The second kappa shape index (κ2) is 13.7. The normalized spacial score (nSPS) is 15.4. The Bertz CT molecular complexity index is 1410. The number of nitrogens with zero attached hydrogens (tertiary/aromatic N) is 1. The number of rotatable bonds is 6. The van der Waals surface area contributed by atoms with E-state index in [0.29, 0.717) is 25.0 Å². The van der Waals surface area contributed by atoms with E-state index in [-0.39, 0.29) is 16.8 Å². The summed E-state index contributed by atoms with van der Waals surface area (Å²) in [6.07, 6.45) is -6.64. The van der Waals surface area contributed by atoms with Gasteiger partial charge >= 0.3 is 116 Å². The van der Waals surface area contributed by atoms with Gasteiger partial charge in [0.25, 0.3) is 0 Å². The summed E-state index contributed by atoms with van der Waals surface area (Å²) < 4.78 is 81.7. The minimum Gasteiger partial charge on any atom is -0.657 e. The molecule has 2 atom stereocenters. The van der Waals surface area contributed by atoms with E-state index in [1.54, 1.807) is 19.4 Å². The third-order valence-electron chi connectivity index (χ3n) is 6.83. The van der Waals surface area contributed by atoms with Crippen LogP contribution in [0.4, 0.5) is 37.7 Å². The fraction of sp³-hybridized carbons (Fsp3) is 0.382. The molecule has 10 heteroatoms. The summed E-state index contributed by atoms with van der Waals surface area (Å²) >= 11 is 1.54. The van der Waals surface area contributed by atoms with Crippen LogP contribution in [0.15, 0.2) is 72.3 Å². The molecule has 0 aliphatic heterocycles. The fourth-order valence-electron chi connectivity index (χ4n) is 4.07. The minimum atomic E-state index is -5.04. The maximum Gasteiger partial charge on any atom is 0.421 e. The number of benzene rings is 3. The maximum absolute atomic E-state index is 13.4. The average Bonchev–Trinajstić information content (AvgIpc) is 2.89. The number of aliphatic hydroxyl groups is 2. The fourth-order valence-corrected chi connectivity index (χ4v) is 4.25. The number of hydrogen-bond acceptors (Lipinski definition) is 2. The summed E-state index contributed by atoms with van der Waals surface area (Å²) in [5.74, 6) is 0. The Morgan fingerprint density at radius 3 is 1.41 bits per heavy atom. The van der Waals surface area contributed by atoms with Crippen LogP contribution in [0.1, 0.15) is 69.4 Å². The van der Waals surface area contributed by atoms with Crippen LogP contribution in [-0.2, 0) is 30.6 Å². The van der Waals surface area contributed by atoms with E-state index in [0.717, 1.165) is 17.7 Å². The largest absolute Gasteiger partial charge is 0.657 e. The second-order valence-electron chi connectivity index (χ2n) is 12.0.